The summed E-state index contributed by atoms with van der Waals surface area (Å²) in [6, 6.07) is 1.79. The first-order valence-electron chi connectivity index (χ1n) is 6.30. The highest BCUT2D eigenvalue weighted by molar-refractivity contribution is 6.05. The van der Waals surface area contributed by atoms with Crippen molar-refractivity contribution < 1.29 is 36.7 Å². The minimum Gasteiger partial charge on any atom is -0.431 e. The van der Waals surface area contributed by atoms with Crippen molar-refractivity contribution in [2.45, 2.75) is 26.4 Å². The quantitative estimate of drug-likeness (QED) is 0.207. The number of hydrogen-bond donors (Lipinski definition) is 0. The molecule has 4 nitrogen and oxygen atoms in total. The number of rotatable bonds is 5. The third-order valence-electron chi connectivity index (χ3n) is 2.56. The van der Waals surface area contributed by atoms with Gasteiger partial charge in [0.15, 0.2) is 5.78 Å². The van der Waals surface area contributed by atoms with Gasteiger partial charge < -0.3 is 4.74 Å². The predicted octanol–water partition coefficient (Wildman–Crippen LogP) is 3.45. The lowest BCUT2D eigenvalue weighted by Gasteiger charge is -2.09. The average Bonchev–Trinajstić information content (AvgIpc) is 2.35. The molecule has 23 heavy (non-hydrogen) atoms. The second-order valence-corrected chi connectivity index (χ2v) is 4.66. The zero-order valence-electron chi connectivity index (χ0n) is 12.2. The zero-order valence-corrected chi connectivity index (χ0v) is 12.2. The lowest BCUT2D eigenvalue weighted by molar-refractivity contribution is -0.142. The standard InChI is InChI=1S/C15H12F4O4/c1-8(20)5-14(22)23-9(2)6-13(21)10-3-4-12(16)11(7-10)15(17,18)19/h3-4,6-7H,5H2,1-2H3/b9-6-. The molecule has 0 bridgehead atoms. The summed E-state index contributed by atoms with van der Waals surface area (Å²) in [6.07, 6.45) is -4.65. The van der Waals surface area contributed by atoms with Crippen LogP contribution in [0.1, 0.15) is 36.2 Å². The number of esters is 1. The SMILES string of the molecule is CC(=O)CC(=O)O/C(C)=C\C(=O)c1ccc(F)c(C(F)(F)F)c1. The number of carbonyl (C=O) groups is 3. The summed E-state index contributed by atoms with van der Waals surface area (Å²) in [4.78, 5) is 33.8. The van der Waals surface area contributed by atoms with E-state index in [9.17, 15) is 31.9 Å². The molecule has 0 aliphatic heterocycles. The van der Waals surface area contributed by atoms with Crippen LogP contribution in [0.5, 0.6) is 0 Å². The maximum atomic E-state index is 13.1. The van der Waals surface area contributed by atoms with E-state index in [1.807, 2.05) is 0 Å². The number of ketones is 2. The van der Waals surface area contributed by atoms with Crippen molar-refractivity contribution in [2.24, 2.45) is 0 Å². The molecule has 124 valence electrons. The molecule has 0 aliphatic rings. The van der Waals surface area contributed by atoms with E-state index in [4.69, 9.17) is 0 Å². The van der Waals surface area contributed by atoms with Crippen LogP contribution < -0.4 is 0 Å². The number of benzene rings is 1. The van der Waals surface area contributed by atoms with Gasteiger partial charge in [0.1, 0.15) is 23.8 Å². The monoisotopic (exact) mass is 332 g/mol. The molecule has 0 saturated carbocycles. The molecule has 0 atom stereocenters. The molecule has 0 aliphatic carbocycles. The maximum Gasteiger partial charge on any atom is 0.419 e. The molecule has 0 N–H and O–H groups in total. The molecule has 0 radical (unpaired) electrons. The Morgan fingerprint density at radius 2 is 1.78 bits per heavy atom. The Bertz CT molecular complexity index is 675. The van der Waals surface area contributed by atoms with Gasteiger partial charge in [-0.05, 0) is 32.0 Å². The summed E-state index contributed by atoms with van der Waals surface area (Å²) in [7, 11) is 0. The Morgan fingerprint density at radius 3 is 2.30 bits per heavy atom. The Kier molecular flexibility index (Phi) is 5.78. The fourth-order valence-electron chi connectivity index (χ4n) is 1.61. The smallest absolute Gasteiger partial charge is 0.419 e. The van der Waals surface area contributed by atoms with Crippen LogP contribution in [0.25, 0.3) is 0 Å². The van der Waals surface area contributed by atoms with Crippen LogP contribution in [0.3, 0.4) is 0 Å². The summed E-state index contributed by atoms with van der Waals surface area (Å²) in [5, 5.41) is 0. The van der Waals surface area contributed by atoms with E-state index >= 15 is 0 Å². The van der Waals surface area contributed by atoms with E-state index in [0.29, 0.717) is 12.1 Å². The zero-order chi connectivity index (χ0) is 17.8. The number of alkyl halides is 3. The van der Waals surface area contributed by atoms with E-state index < -0.39 is 47.1 Å². The topological polar surface area (TPSA) is 60.4 Å². The van der Waals surface area contributed by atoms with Gasteiger partial charge in [0.2, 0.25) is 0 Å². The largest absolute Gasteiger partial charge is 0.431 e. The van der Waals surface area contributed by atoms with Crippen molar-refractivity contribution in [1.29, 1.82) is 0 Å². The second-order valence-electron chi connectivity index (χ2n) is 4.66. The molecule has 0 aromatic heterocycles. The highest BCUT2D eigenvalue weighted by Gasteiger charge is 2.34. The molecule has 0 heterocycles. The summed E-state index contributed by atoms with van der Waals surface area (Å²) >= 11 is 0. The van der Waals surface area contributed by atoms with Crippen LogP contribution in [0.2, 0.25) is 0 Å². The Morgan fingerprint density at radius 1 is 1.17 bits per heavy atom. The van der Waals surface area contributed by atoms with Gasteiger partial charge in [-0.15, -0.1) is 0 Å². The normalized spacial score (nSPS) is 12.0. The van der Waals surface area contributed by atoms with E-state index in [1.54, 1.807) is 0 Å². The van der Waals surface area contributed by atoms with Crippen molar-refractivity contribution in [1.82, 2.24) is 0 Å². The maximum absolute atomic E-state index is 13.1. The summed E-state index contributed by atoms with van der Waals surface area (Å²) < 4.78 is 55.5. The molecule has 1 rings (SSSR count). The van der Waals surface area contributed by atoms with Crippen LogP contribution in [0.15, 0.2) is 30.0 Å². The van der Waals surface area contributed by atoms with Gasteiger partial charge in [0.05, 0.1) is 5.56 Å². The van der Waals surface area contributed by atoms with E-state index in [0.717, 1.165) is 12.1 Å². The highest BCUT2D eigenvalue weighted by atomic mass is 19.4. The molecule has 0 amide bonds. The van der Waals surface area contributed by atoms with Crippen LogP contribution in [0, 0.1) is 5.82 Å². The molecule has 0 spiro atoms. The van der Waals surface area contributed by atoms with Crippen LogP contribution in [-0.2, 0) is 20.5 Å². The average molecular weight is 332 g/mol. The Balaban J connectivity index is 2.95. The summed E-state index contributed by atoms with van der Waals surface area (Å²) in [5.74, 6) is -3.93. The van der Waals surface area contributed by atoms with Crippen molar-refractivity contribution >= 4 is 17.5 Å². The van der Waals surface area contributed by atoms with E-state index in [-0.39, 0.29) is 5.76 Å². The van der Waals surface area contributed by atoms with Gasteiger partial charge >= 0.3 is 12.1 Å². The second kappa shape index (κ2) is 7.17. The van der Waals surface area contributed by atoms with Gasteiger partial charge in [-0.3, -0.25) is 14.4 Å². The molecular weight excluding hydrogens is 320 g/mol. The minimum absolute atomic E-state index is 0.195. The molecule has 8 heteroatoms. The molecule has 1 aromatic carbocycles. The van der Waals surface area contributed by atoms with Crippen molar-refractivity contribution in [3.05, 3.63) is 47.0 Å². The lowest BCUT2D eigenvalue weighted by Crippen LogP contribution is -2.11. The summed E-state index contributed by atoms with van der Waals surface area (Å²) in [5.41, 5.74) is -1.98. The first-order valence-corrected chi connectivity index (χ1v) is 6.30. The van der Waals surface area contributed by atoms with Crippen molar-refractivity contribution in [2.75, 3.05) is 0 Å². The third kappa shape index (κ3) is 5.65. The first kappa shape index (κ1) is 18.5. The highest BCUT2D eigenvalue weighted by Crippen LogP contribution is 2.32. The number of halogens is 4. The third-order valence-corrected chi connectivity index (χ3v) is 2.56. The van der Waals surface area contributed by atoms with Crippen LogP contribution >= 0.6 is 0 Å². The van der Waals surface area contributed by atoms with Gasteiger partial charge in [-0.25, -0.2) is 4.39 Å². The van der Waals surface area contributed by atoms with Gasteiger partial charge in [-0.2, -0.15) is 13.2 Å². The molecule has 0 fully saturated rings. The number of hydrogen-bond acceptors (Lipinski definition) is 4. The number of carbonyl (C=O) groups excluding carboxylic acids is 3. The van der Waals surface area contributed by atoms with Gasteiger partial charge in [0, 0.05) is 11.6 Å². The molecular formula is C15H12F4O4. The van der Waals surface area contributed by atoms with Crippen LogP contribution in [0.4, 0.5) is 17.6 Å². The van der Waals surface area contributed by atoms with Crippen LogP contribution in [-0.4, -0.2) is 17.5 Å². The molecule has 0 saturated heterocycles. The van der Waals surface area contributed by atoms with Crippen molar-refractivity contribution in [3.8, 4) is 0 Å². The first-order chi connectivity index (χ1) is 10.5. The van der Waals surface area contributed by atoms with Gasteiger partial charge in [0.25, 0.3) is 0 Å². The minimum atomic E-state index is -4.94. The van der Waals surface area contributed by atoms with E-state index in [1.165, 1.54) is 13.8 Å². The fraction of sp³-hybridized carbons (Fsp3) is 0.267. The molecule has 0 unspecified atom stereocenters. The number of Topliss-reactive ketones (excluding diaryl/α,β-unsaturated/α-hetero) is 1. The van der Waals surface area contributed by atoms with E-state index in [2.05, 4.69) is 4.74 Å². The number of allylic oxidation sites excluding steroid dienone is 2. The van der Waals surface area contributed by atoms with Gasteiger partial charge in [-0.1, -0.05) is 0 Å². The molecule has 1 aromatic rings. The van der Waals surface area contributed by atoms with Crippen molar-refractivity contribution in [3.63, 3.8) is 0 Å². The lowest BCUT2D eigenvalue weighted by atomic mass is 10.1. The summed E-state index contributed by atoms with van der Waals surface area (Å²) in [6.45, 7) is 2.40. The Labute approximate surface area is 128 Å². The fourth-order valence-corrected chi connectivity index (χ4v) is 1.61. The Hall–Kier alpha value is -2.51. The predicted molar refractivity (Wildman–Crippen MR) is 70.9 cm³/mol. The number of ether oxygens (including phenoxy) is 1.